The Morgan fingerprint density at radius 1 is 1.43 bits per heavy atom. The van der Waals surface area contributed by atoms with Gasteiger partial charge < -0.3 is 15.2 Å². The Morgan fingerprint density at radius 3 is 2.76 bits per heavy atom. The lowest BCUT2D eigenvalue weighted by Gasteiger charge is -2.09. The smallest absolute Gasteiger partial charge is 0.156 e. The summed E-state index contributed by atoms with van der Waals surface area (Å²) >= 11 is 0. The van der Waals surface area contributed by atoms with Gasteiger partial charge in [0.1, 0.15) is 29.6 Å². The lowest BCUT2D eigenvalue weighted by molar-refractivity contribution is 0.112. The molecule has 1 aromatic carbocycles. The number of aromatic nitrogens is 2. The van der Waals surface area contributed by atoms with Gasteiger partial charge in [-0.2, -0.15) is 5.10 Å². The Morgan fingerprint density at radius 2 is 2.19 bits per heavy atom. The summed E-state index contributed by atoms with van der Waals surface area (Å²) < 4.78 is 11.9. The molecule has 0 bridgehead atoms. The maximum Gasteiger partial charge on any atom is 0.156 e. The van der Waals surface area contributed by atoms with Gasteiger partial charge >= 0.3 is 0 Å². The number of carbonyl (C=O) groups is 1. The average molecular weight is 285 g/mol. The first kappa shape index (κ1) is 14.5. The van der Waals surface area contributed by atoms with Crippen LogP contribution in [0.5, 0.6) is 11.5 Å². The highest BCUT2D eigenvalue weighted by Crippen LogP contribution is 2.35. The number of hydrogen-bond donors (Lipinski definition) is 1. The Kier molecular flexibility index (Phi) is 4.14. The van der Waals surface area contributed by atoms with Crippen LogP contribution in [0.15, 0.2) is 18.2 Å². The zero-order valence-electron chi connectivity index (χ0n) is 11.8. The summed E-state index contributed by atoms with van der Waals surface area (Å²) in [7, 11) is 3.09. The Bertz CT molecular complexity index is 714. The van der Waals surface area contributed by atoms with Crippen molar-refractivity contribution < 1.29 is 14.3 Å². The number of anilines is 1. The number of nitrogen functional groups attached to an aromatic ring is 1. The van der Waals surface area contributed by atoms with E-state index < -0.39 is 0 Å². The highest BCUT2D eigenvalue weighted by molar-refractivity contribution is 5.93. The van der Waals surface area contributed by atoms with E-state index in [-0.39, 0.29) is 17.9 Å². The SMILES string of the molecule is C#CCn1nc(-c2cc(OC)ccc2OC)c(C=O)c1N. The van der Waals surface area contributed by atoms with E-state index in [9.17, 15) is 4.79 Å². The van der Waals surface area contributed by atoms with Crippen LogP contribution in [0, 0.1) is 12.3 Å². The van der Waals surface area contributed by atoms with Gasteiger partial charge in [-0.25, -0.2) is 4.68 Å². The molecule has 0 unspecified atom stereocenters. The standard InChI is InChI=1S/C15H15N3O3/c1-4-7-18-15(16)12(9-19)14(17-18)11-8-10(20-2)5-6-13(11)21-3/h1,5-6,8-9H,7,16H2,2-3H3. The largest absolute Gasteiger partial charge is 0.497 e. The van der Waals surface area contributed by atoms with Gasteiger partial charge in [0, 0.05) is 5.56 Å². The maximum atomic E-state index is 11.3. The van der Waals surface area contributed by atoms with Crippen molar-refractivity contribution in [3.05, 3.63) is 23.8 Å². The van der Waals surface area contributed by atoms with Crippen LogP contribution in [-0.4, -0.2) is 30.3 Å². The van der Waals surface area contributed by atoms with E-state index in [4.69, 9.17) is 21.6 Å². The molecule has 0 amide bonds. The molecule has 0 atom stereocenters. The second-order valence-electron chi connectivity index (χ2n) is 4.19. The third kappa shape index (κ3) is 2.54. The molecule has 1 aromatic heterocycles. The number of ether oxygens (including phenoxy) is 2. The zero-order chi connectivity index (χ0) is 15.4. The lowest BCUT2D eigenvalue weighted by Crippen LogP contribution is -2.03. The zero-order valence-corrected chi connectivity index (χ0v) is 11.8. The predicted molar refractivity (Wildman–Crippen MR) is 79.4 cm³/mol. The number of nitrogens with two attached hydrogens (primary N) is 1. The predicted octanol–water partition coefficient (Wildman–Crippen LogP) is 1.60. The van der Waals surface area contributed by atoms with Gasteiger partial charge in [-0.3, -0.25) is 4.79 Å². The molecule has 0 aliphatic carbocycles. The molecule has 0 saturated heterocycles. The summed E-state index contributed by atoms with van der Waals surface area (Å²) in [6.45, 7) is 0.180. The summed E-state index contributed by atoms with van der Waals surface area (Å²) in [5.74, 6) is 3.84. The molecule has 0 aliphatic rings. The Labute approximate surface area is 122 Å². The maximum absolute atomic E-state index is 11.3. The molecule has 6 heteroatoms. The summed E-state index contributed by atoms with van der Waals surface area (Å²) in [4.78, 5) is 11.3. The molecule has 0 spiro atoms. The molecular formula is C15H15N3O3. The van der Waals surface area contributed by atoms with Gasteiger partial charge in [0.05, 0.1) is 19.8 Å². The molecule has 0 radical (unpaired) electrons. The first-order valence-corrected chi connectivity index (χ1v) is 6.13. The minimum absolute atomic E-state index is 0.180. The number of aldehydes is 1. The molecule has 0 fully saturated rings. The van der Waals surface area contributed by atoms with Crippen LogP contribution >= 0.6 is 0 Å². The van der Waals surface area contributed by atoms with E-state index in [1.54, 1.807) is 25.3 Å². The summed E-state index contributed by atoms with van der Waals surface area (Å²) in [6, 6.07) is 5.22. The quantitative estimate of drug-likeness (QED) is 0.666. The van der Waals surface area contributed by atoms with Crippen LogP contribution in [0.25, 0.3) is 11.3 Å². The van der Waals surface area contributed by atoms with Crippen molar-refractivity contribution in [2.24, 2.45) is 0 Å². The normalized spacial score (nSPS) is 9.95. The lowest BCUT2D eigenvalue weighted by atomic mass is 10.1. The number of terminal acetylenes is 1. The van der Waals surface area contributed by atoms with E-state index in [0.29, 0.717) is 29.0 Å². The van der Waals surface area contributed by atoms with Crippen LogP contribution in [0.2, 0.25) is 0 Å². The second-order valence-corrected chi connectivity index (χ2v) is 4.19. The van der Waals surface area contributed by atoms with Crippen LogP contribution in [0.1, 0.15) is 10.4 Å². The van der Waals surface area contributed by atoms with E-state index in [1.165, 1.54) is 11.8 Å². The van der Waals surface area contributed by atoms with Crippen LogP contribution in [0.3, 0.4) is 0 Å². The van der Waals surface area contributed by atoms with Crippen molar-refractivity contribution in [2.75, 3.05) is 20.0 Å². The van der Waals surface area contributed by atoms with Gasteiger partial charge in [0.25, 0.3) is 0 Å². The van der Waals surface area contributed by atoms with Gasteiger partial charge in [0.2, 0.25) is 0 Å². The molecule has 2 rings (SSSR count). The van der Waals surface area contributed by atoms with Crippen LogP contribution < -0.4 is 15.2 Å². The summed E-state index contributed by atoms with van der Waals surface area (Å²) in [6.07, 6.45) is 5.93. The van der Waals surface area contributed by atoms with Gasteiger partial charge in [0.15, 0.2) is 6.29 Å². The number of nitrogens with zero attached hydrogens (tertiary/aromatic N) is 2. The number of benzene rings is 1. The number of carbonyl (C=O) groups excluding carboxylic acids is 1. The third-order valence-electron chi connectivity index (χ3n) is 3.05. The summed E-state index contributed by atoms with van der Waals surface area (Å²) in [5, 5.41) is 4.31. The molecule has 1 heterocycles. The van der Waals surface area contributed by atoms with E-state index >= 15 is 0 Å². The Balaban J connectivity index is 2.68. The monoisotopic (exact) mass is 285 g/mol. The van der Waals surface area contributed by atoms with E-state index in [2.05, 4.69) is 11.0 Å². The van der Waals surface area contributed by atoms with Crippen molar-refractivity contribution in [3.8, 4) is 35.1 Å². The molecule has 2 N–H and O–H groups in total. The van der Waals surface area contributed by atoms with Gasteiger partial charge in [-0.15, -0.1) is 6.42 Å². The van der Waals surface area contributed by atoms with Gasteiger partial charge in [-0.1, -0.05) is 5.92 Å². The van der Waals surface area contributed by atoms with Crippen molar-refractivity contribution in [3.63, 3.8) is 0 Å². The molecule has 108 valence electrons. The number of rotatable bonds is 5. The molecule has 0 saturated carbocycles. The van der Waals surface area contributed by atoms with Crippen LogP contribution in [-0.2, 0) is 6.54 Å². The highest BCUT2D eigenvalue weighted by atomic mass is 16.5. The third-order valence-corrected chi connectivity index (χ3v) is 3.05. The Hall–Kier alpha value is -2.94. The van der Waals surface area contributed by atoms with Crippen LogP contribution in [0.4, 0.5) is 5.82 Å². The topological polar surface area (TPSA) is 79.4 Å². The average Bonchev–Trinajstić information content (AvgIpc) is 2.83. The molecule has 21 heavy (non-hydrogen) atoms. The molecular weight excluding hydrogens is 270 g/mol. The highest BCUT2D eigenvalue weighted by Gasteiger charge is 2.19. The number of hydrogen-bond acceptors (Lipinski definition) is 5. The fraction of sp³-hybridized carbons (Fsp3) is 0.200. The van der Waals surface area contributed by atoms with Crippen molar-refractivity contribution >= 4 is 12.1 Å². The first-order valence-electron chi connectivity index (χ1n) is 6.13. The second kappa shape index (κ2) is 6.01. The minimum Gasteiger partial charge on any atom is -0.497 e. The first-order chi connectivity index (χ1) is 10.2. The van der Waals surface area contributed by atoms with Crippen molar-refractivity contribution in [1.29, 1.82) is 0 Å². The number of methoxy groups -OCH3 is 2. The fourth-order valence-corrected chi connectivity index (χ4v) is 2.01. The minimum atomic E-state index is 0.180. The molecule has 6 nitrogen and oxygen atoms in total. The van der Waals surface area contributed by atoms with Crippen molar-refractivity contribution in [2.45, 2.75) is 6.54 Å². The van der Waals surface area contributed by atoms with Crippen molar-refractivity contribution in [1.82, 2.24) is 9.78 Å². The molecule has 0 aliphatic heterocycles. The van der Waals surface area contributed by atoms with Gasteiger partial charge in [-0.05, 0) is 18.2 Å². The molecule has 2 aromatic rings. The van der Waals surface area contributed by atoms with E-state index in [0.717, 1.165) is 0 Å². The van der Waals surface area contributed by atoms with E-state index in [1.807, 2.05) is 0 Å². The summed E-state index contributed by atoms with van der Waals surface area (Å²) in [5.41, 5.74) is 7.20. The fourth-order valence-electron chi connectivity index (χ4n) is 2.01.